The van der Waals surface area contributed by atoms with Crippen LogP contribution in [0.25, 0.3) is 0 Å². The van der Waals surface area contributed by atoms with E-state index in [9.17, 15) is 9.59 Å². The number of rotatable bonds is 3. The zero-order chi connectivity index (χ0) is 8.85. The normalized spacial score (nSPS) is 8.82. The van der Waals surface area contributed by atoms with Crippen molar-refractivity contribution in [3.63, 3.8) is 0 Å². The summed E-state index contributed by atoms with van der Waals surface area (Å²) in [5, 5.41) is 0. The molecule has 0 unspecified atom stereocenters. The molecular weight excluding hydrogens is 144 g/mol. The molecule has 2 amide bonds. The van der Waals surface area contributed by atoms with Gasteiger partial charge in [-0.2, -0.15) is 0 Å². The summed E-state index contributed by atoms with van der Waals surface area (Å²) in [5.41, 5.74) is 4.78. The van der Waals surface area contributed by atoms with Crippen molar-refractivity contribution in [2.24, 2.45) is 5.73 Å². The molecule has 2 N–H and O–H groups in total. The molecule has 0 saturated carbocycles. The summed E-state index contributed by atoms with van der Waals surface area (Å²) in [5.74, 6) is -1.58. The maximum Gasteiger partial charge on any atom is 0.311 e. The number of carbonyl (C=O) groups is 2. The molecule has 0 aromatic rings. The minimum Gasteiger partial charge on any atom is -0.361 e. The first kappa shape index (κ1) is 9.68. The van der Waals surface area contributed by atoms with Crippen LogP contribution in [-0.4, -0.2) is 29.8 Å². The average Bonchev–Trinajstić information content (AvgIpc) is 1.98. The molecule has 0 aliphatic rings. The molecule has 0 atom stereocenters. The highest BCUT2D eigenvalue weighted by Crippen LogP contribution is 1.88. The first-order chi connectivity index (χ1) is 5.13. The van der Waals surface area contributed by atoms with Crippen molar-refractivity contribution in [2.75, 3.05) is 13.1 Å². The third-order valence-electron chi connectivity index (χ3n) is 1.23. The smallest absolute Gasteiger partial charge is 0.311 e. The summed E-state index contributed by atoms with van der Waals surface area (Å²) in [6.45, 7) is 6.04. The Morgan fingerprint density at radius 2 is 2.18 bits per heavy atom. The van der Waals surface area contributed by atoms with Gasteiger partial charge in [0.1, 0.15) is 0 Å². The highest BCUT2D eigenvalue weighted by molar-refractivity contribution is 6.34. The fourth-order valence-electron chi connectivity index (χ4n) is 0.667. The Hall–Kier alpha value is -1.32. The van der Waals surface area contributed by atoms with Crippen LogP contribution < -0.4 is 5.73 Å². The van der Waals surface area contributed by atoms with E-state index in [1.807, 2.05) is 0 Å². The number of likely N-dealkylation sites (N-methyl/N-ethyl adjacent to an activating group) is 1. The Bertz CT molecular complexity index is 177. The van der Waals surface area contributed by atoms with Gasteiger partial charge in [0.2, 0.25) is 0 Å². The number of carbonyl (C=O) groups excluding carboxylic acids is 2. The van der Waals surface area contributed by atoms with Gasteiger partial charge >= 0.3 is 11.8 Å². The van der Waals surface area contributed by atoms with E-state index in [0.29, 0.717) is 13.1 Å². The van der Waals surface area contributed by atoms with Crippen molar-refractivity contribution in [1.82, 2.24) is 4.90 Å². The maximum atomic E-state index is 10.9. The molecule has 0 radical (unpaired) electrons. The van der Waals surface area contributed by atoms with Gasteiger partial charge in [0.15, 0.2) is 0 Å². The van der Waals surface area contributed by atoms with Gasteiger partial charge in [-0.1, -0.05) is 6.08 Å². The summed E-state index contributed by atoms with van der Waals surface area (Å²) < 4.78 is 0. The lowest BCUT2D eigenvalue weighted by Gasteiger charge is -2.15. The van der Waals surface area contributed by atoms with Crippen molar-refractivity contribution >= 4 is 11.8 Å². The fourth-order valence-corrected chi connectivity index (χ4v) is 0.667. The van der Waals surface area contributed by atoms with Gasteiger partial charge in [0, 0.05) is 13.1 Å². The first-order valence-corrected chi connectivity index (χ1v) is 3.33. The van der Waals surface area contributed by atoms with E-state index in [1.54, 1.807) is 13.0 Å². The molecule has 0 heterocycles. The van der Waals surface area contributed by atoms with Crippen LogP contribution >= 0.6 is 0 Å². The Balaban J connectivity index is 4.13. The highest BCUT2D eigenvalue weighted by atomic mass is 16.2. The molecule has 11 heavy (non-hydrogen) atoms. The van der Waals surface area contributed by atoms with E-state index >= 15 is 0 Å². The predicted molar refractivity (Wildman–Crippen MR) is 41.6 cm³/mol. The lowest BCUT2D eigenvalue weighted by Crippen LogP contribution is -2.40. The average molecular weight is 156 g/mol. The molecule has 0 aromatic carbocycles. The minimum absolute atomic E-state index is 0.359. The summed E-state index contributed by atoms with van der Waals surface area (Å²) >= 11 is 0. The van der Waals surface area contributed by atoms with Crippen molar-refractivity contribution < 1.29 is 9.59 Å². The molecule has 0 aliphatic carbocycles. The highest BCUT2D eigenvalue weighted by Gasteiger charge is 2.14. The second-order valence-corrected chi connectivity index (χ2v) is 2.00. The van der Waals surface area contributed by atoms with Crippen LogP contribution in [-0.2, 0) is 9.59 Å². The van der Waals surface area contributed by atoms with E-state index in [-0.39, 0.29) is 0 Å². The number of nitrogens with zero attached hydrogens (tertiary/aromatic N) is 1. The third kappa shape index (κ3) is 2.84. The largest absolute Gasteiger partial charge is 0.361 e. The Labute approximate surface area is 65.7 Å². The topological polar surface area (TPSA) is 63.4 Å². The number of amides is 2. The van der Waals surface area contributed by atoms with Crippen LogP contribution in [0.4, 0.5) is 0 Å². The summed E-state index contributed by atoms with van der Waals surface area (Å²) in [6, 6.07) is 0. The number of hydrogen-bond acceptors (Lipinski definition) is 2. The number of hydrogen-bond donors (Lipinski definition) is 1. The number of nitrogens with two attached hydrogens (primary N) is 1. The predicted octanol–water partition coefficient (Wildman–Crippen LogP) is -0.494. The van der Waals surface area contributed by atoms with E-state index in [2.05, 4.69) is 6.58 Å². The van der Waals surface area contributed by atoms with E-state index in [4.69, 9.17) is 5.73 Å². The lowest BCUT2D eigenvalue weighted by atomic mass is 10.4. The molecule has 62 valence electrons. The monoisotopic (exact) mass is 156 g/mol. The van der Waals surface area contributed by atoms with Crippen molar-refractivity contribution in [3.8, 4) is 0 Å². The molecule has 0 bridgehead atoms. The summed E-state index contributed by atoms with van der Waals surface area (Å²) in [7, 11) is 0. The second kappa shape index (κ2) is 4.49. The summed E-state index contributed by atoms with van der Waals surface area (Å²) in [4.78, 5) is 22.6. The first-order valence-electron chi connectivity index (χ1n) is 3.33. The van der Waals surface area contributed by atoms with Crippen LogP contribution in [0.2, 0.25) is 0 Å². The molecular formula is C7H12N2O2. The van der Waals surface area contributed by atoms with Gasteiger partial charge in [0.05, 0.1) is 0 Å². The lowest BCUT2D eigenvalue weighted by molar-refractivity contribution is -0.143. The second-order valence-electron chi connectivity index (χ2n) is 2.00. The SMILES string of the molecule is C=CCN(CC)C(=O)C(N)=O. The Morgan fingerprint density at radius 1 is 1.64 bits per heavy atom. The minimum atomic E-state index is -0.922. The fraction of sp³-hybridized carbons (Fsp3) is 0.429. The van der Waals surface area contributed by atoms with Gasteiger partial charge < -0.3 is 10.6 Å². The molecule has 0 saturated heterocycles. The molecule has 0 rings (SSSR count). The standard InChI is InChI=1S/C7H12N2O2/c1-3-5-9(4-2)7(11)6(8)10/h3H,1,4-5H2,2H3,(H2,8,10). The van der Waals surface area contributed by atoms with Crippen LogP contribution in [0, 0.1) is 0 Å². The quantitative estimate of drug-likeness (QED) is 0.442. The third-order valence-corrected chi connectivity index (χ3v) is 1.23. The zero-order valence-corrected chi connectivity index (χ0v) is 6.54. The van der Waals surface area contributed by atoms with Crippen LogP contribution in [0.1, 0.15) is 6.92 Å². The maximum absolute atomic E-state index is 10.9. The van der Waals surface area contributed by atoms with Gasteiger partial charge in [0.25, 0.3) is 0 Å². The zero-order valence-electron chi connectivity index (χ0n) is 6.54. The van der Waals surface area contributed by atoms with Gasteiger partial charge in [-0.15, -0.1) is 6.58 Å². The van der Waals surface area contributed by atoms with E-state index in [0.717, 1.165) is 0 Å². The molecule has 0 fully saturated rings. The van der Waals surface area contributed by atoms with E-state index < -0.39 is 11.8 Å². The van der Waals surface area contributed by atoms with Crippen molar-refractivity contribution in [3.05, 3.63) is 12.7 Å². The van der Waals surface area contributed by atoms with Crippen LogP contribution in [0.5, 0.6) is 0 Å². The molecule has 4 heteroatoms. The summed E-state index contributed by atoms with van der Waals surface area (Å²) in [6.07, 6.45) is 1.55. The van der Waals surface area contributed by atoms with Crippen molar-refractivity contribution in [2.45, 2.75) is 6.92 Å². The van der Waals surface area contributed by atoms with Gasteiger partial charge in [-0.25, -0.2) is 0 Å². The Kier molecular flexibility index (Phi) is 3.95. The van der Waals surface area contributed by atoms with Crippen LogP contribution in [0.15, 0.2) is 12.7 Å². The van der Waals surface area contributed by atoms with Crippen molar-refractivity contribution in [1.29, 1.82) is 0 Å². The van der Waals surface area contributed by atoms with Crippen LogP contribution in [0.3, 0.4) is 0 Å². The van der Waals surface area contributed by atoms with Gasteiger partial charge in [-0.05, 0) is 6.92 Å². The molecule has 0 aliphatic heterocycles. The van der Waals surface area contributed by atoms with Gasteiger partial charge in [-0.3, -0.25) is 9.59 Å². The Morgan fingerprint density at radius 3 is 2.45 bits per heavy atom. The molecule has 0 spiro atoms. The molecule has 0 aromatic heterocycles. The van der Waals surface area contributed by atoms with E-state index in [1.165, 1.54) is 4.90 Å². The number of primary amides is 1. The molecule has 4 nitrogen and oxygen atoms in total.